The fourth-order valence-electron chi connectivity index (χ4n) is 3.66. The summed E-state index contributed by atoms with van der Waals surface area (Å²) in [5, 5.41) is 12.0. The van der Waals surface area contributed by atoms with E-state index in [1.54, 1.807) is 35.2 Å². The van der Waals surface area contributed by atoms with E-state index >= 15 is 0 Å². The number of benzene rings is 1. The smallest absolute Gasteiger partial charge is 0.329 e. The third-order valence-corrected chi connectivity index (χ3v) is 5.08. The highest BCUT2D eigenvalue weighted by atomic mass is 16.3. The van der Waals surface area contributed by atoms with Crippen molar-refractivity contribution in [3.63, 3.8) is 0 Å². The minimum atomic E-state index is -0.456. The molecule has 0 unspecified atom stereocenters. The molecule has 1 atom stereocenters. The van der Waals surface area contributed by atoms with Crippen molar-refractivity contribution >= 4 is 23.5 Å². The quantitative estimate of drug-likeness (QED) is 0.618. The number of aliphatic hydroxyl groups excluding tert-OH is 1. The molecule has 2 saturated heterocycles. The van der Waals surface area contributed by atoms with Gasteiger partial charge in [0.25, 0.3) is 5.91 Å². The maximum atomic E-state index is 12.8. The lowest BCUT2D eigenvalue weighted by atomic mass is 9.77. The first-order chi connectivity index (χ1) is 12.5. The van der Waals surface area contributed by atoms with E-state index in [9.17, 15) is 19.5 Å². The van der Waals surface area contributed by atoms with Crippen molar-refractivity contribution in [1.29, 1.82) is 0 Å². The standard InChI is InChI=1S/C19H23N3O4/c1-2-8-19(13-23)9-3-10-21(12-19)17(25)14-4-6-15(7-5-14)22-11-16(24)20-18(22)26/h2,4-7,23H,1,3,8-13H2,(H,20,24,26)/t19-/m1/s1. The molecule has 7 heteroatoms. The Morgan fingerprint density at radius 1 is 1.31 bits per heavy atom. The number of likely N-dealkylation sites (tertiary alicyclic amines) is 1. The molecule has 0 spiro atoms. The molecule has 26 heavy (non-hydrogen) atoms. The predicted octanol–water partition coefficient (Wildman–Crippen LogP) is 1.53. The number of hydrogen-bond acceptors (Lipinski definition) is 4. The van der Waals surface area contributed by atoms with Gasteiger partial charge in [-0.3, -0.25) is 19.8 Å². The molecule has 0 aliphatic carbocycles. The summed E-state index contributed by atoms with van der Waals surface area (Å²) in [5.41, 5.74) is 0.774. The van der Waals surface area contributed by atoms with Gasteiger partial charge in [0.05, 0.1) is 6.61 Å². The third-order valence-electron chi connectivity index (χ3n) is 5.08. The van der Waals surface area contributed by atoms with Crippen LogP contribution in [0, 0.1) is 5.41 Å². The van der Waals surface area contributed by atoms with Gasteiger partial charge in [-0.2, -0.15) is 0 Å². The molecule has 0 aromatic heterocycles. The highest BCUT2D eigenvalue weighted by molar-refractivity contribution is 6.12. The van der Waals surface area contributed by atoms with Crippen molar-refractivity contribution in [2.75, 3.05) is 31.1 Å². The Labute approximate surface area is 152 Å². The largest absolute Gasteiger partial charge is 0.396 e. The van der Waals surface area contributed by atoms with Gasteiger partial charge in [0.15, 0.2) is 0 Å². The third kappa shape index (κ3) is 3.48. The molecule has 0 radical (unpaired) electrons. The summed E-state index contributed by atoms with van der Waals surface area (Å²) in [7, 11) is 0. The Balaban J connectivity index is 1.72. The molecule has 2 fully saturated rings. The zero-order valence-electron chi connectivity index (χ0n) is 14.6. The molecular formula is C19H23N3O4. The molecule has 7 nitrogen and oxygen atoms in total. The Kier molecular flexibility index (Phi) is 5.08. The van der Waals surface area contributed by atoms with E-state index in [0.717, 1.165) is 12.8 Å². The lowest BCUT2D eigenvalue weighted by molar-refractivity contribution is -0.117. The maximum Gasteiger partial charge on any atom is 0.329 e. The Morgan fingerprint density at radius 3 is 2.62 bits per heavy atom. The SMILES string of the molecule is C=CC[C@@]1(CO)CCCN(C(=O)c2ccc(N3CC(=O)NC3=O)cc2)C1. The van der Waals surface area contributed by atoms with Crippen molar-refractivity contribution in [3.05, 3.63) is 42.5 Å². The highest BCUT2D eigenvalue weighted by Crippen LogP contribution is 2.34. The molecule has 138 valence electrons. The molecule has 2 aliphatic rings. The molecule has 2 N–H and O–H groups in total. The van der Waals surface area contributed by atoms with Gasteiger partial charge in [0.1, 0.15) is 6.54 Å². The van der Waals surface area contributed by atoms with E-state index in [1.165, 1.54) is 4.90 Å². The lowest BCUT2D eigenvalue weighted by Crippen LogP contribution is -2.47. The van der Waals surface area contributed by atoms with Crippen LogP contribution in [0.1, 0.15) is 29.6 Å². The maximum absolute atomic E-state index is 12.8. The first-order valence-corrected chi connectivity index (χ1v) is 8.70. The molecule has 0 saturated carbocycles. The summed E-state index contributed by atoms with van der Waals surface area (Å²) in [5.74, 6) is -0.439. The number of piperidine rings is 1. The number of nitrogens with one attached hydrogen (secondary N) is 1. The summed E-state index contributed by atoms with van der Waals surface area (Å²) < 4.78 is 0. The van der Waals surface area contributed by atoms with Crippen molar-refractivity contribution in [1.82, 2.24) is 10.2 Å². The van der Waals surface area contributed by atoms with Gasteiger partial charge in [0.2, 0.25) is 5.91 Å². The minimum Gasteiger partial charge on any atom is -0.396 e. The molecule has 4 amide bonds. The number of urea groups is 1. The van der Waals surface area contributed by atoms with Crippen molar-refractivity contribution in [2.24, 2.45) is 5.41 Å². The van der Waals surface area contributed by atoms with E-state index in [1.807, 2.05) is 0 Å². The molecule has 3 rings (SSSR count). The van der Waals surface area contributed by atoms with Crippen LogP contribution in [0.5, 0.6) is 0 Å². The summed E-state index contributed by atoms with van der Waals surface area (Å²) in [6, 6.07) is 6.20. The van der Waals surface area contributed by atoms with Crippen LogP contribution in [-0.4, -0.2) is 54.1 Å². The zero-order chi connectivity index (χ0) is 18.7. The van der Waals surface area contributed by atoms with Crippen LogP contribution in [0.2, 0.25) is 0 Å². The average molecular weight is 357 g/mol. The molecular weight excluding hydrogens is 334 g/mol. The van der Waals surface area contributed by atoms with Gasteiger partial charge in [-0.25, -0.2) is 4.79 Å². The summed E-state index contributed by atoms with van der Waals surface area (Å²) in [6.45, 7) is 4.93. The second-order valence-electron chi connectivity index (χ2n) is 6.97. The summed E-state index contributed by atoms with van der Waals surface area (Å²) in [6.07, 6.45) is 4.18. The number of nitrogens with zero attached hydrogens (tertiary/aromatic N) is 2. The Hall–Kier alpha value is -2.67. The second kappa shape index (κ2) is 7.29. The monoisotopic (exact) mass is 357 g/mol. The zero-order valence-corrected chi connectivity index (χ0v) is 14.6. The van der Waals surface area contributed by atoms with Crippen molar-refractivity contribution < 1.29 is 19.5 Å². The van der Waals surface area contributed by atoms with Crippen LogP contribution in [0.25, 0.3) is 0 Å². The van der Waals surface area contributed by atoms with Crippen molar-refractivity contribution in [2.45, 2.75) is 19.3 Å². The predicted molar refractivity (Wildman–Crippen MR) is 96.8 cm³/mol. The van der Waals surface area contributed by atoms with Crippen LogP contribution in [0.15, 0.2) is 36.9 Å². The van der Waals surface area contributed by atoms with E-state index in [-0.39, 0.29) is 30.4 Å². The van der Waals surface area contributed by atoms with Crippen molar-refractivity contribution in [3.8, 4) is 0 Å². The first-order valence-electron chi connectivity index (χ1n) is 8.70. The molecule has 2 aliphatic heterocycles. The van der Waals surface area contributed by atoms with E-state index in [4.69, 9.17) is 0 Å². The van der Waals surface area contributed by atoms with Gasteiger partial charge in [-0.05, 0) is 43.5 Å². The Bertz CT molecular complexity index is 731. The number of allylic oxidation sites excluding steroid dienone is 1. The van der Waals surface area contributed by atoms with Crippen LogP contribution in [0.4, 0.5) is 10.5 Å². The van der Waals surface area contributed by atoms with Crippen LogP contribution in [-0.2, 0) is 4.79 Å². The number of imide groups is 1. The Morgan fingerprint density at radius 2 is 2.04 bits per heavy atom. The molecule has 2 heterocycles. The number of hydrogen-bond donors (Lipinski definition) is 2. The van der Waals surface area contributed by atoms with Gasteiger partial charge in [-0.1, -0.05) is 6.08 Å². The first kappa shape index (κ1) is 18.1. The average Bonchev–Trinajstić information content (AvgIpc) is 3.00. The lowest BCUT2D eigenvalue weighted by Gasteiger charge is -2.41. The summed E-state index contributed by atoms with van der Waals surface area (Å²) >= 11 is 0. The van der Waals surface area contributed by atoms with Gasteiger partial charge in [0, 0.05) is 29.8 Å². The van der Waals surface area contributed by atoms with Gasteiger partial charge >= 0.3 is 6.03 Å². The number of anilines is 1. The molecule has 1 aromatic rings. The van der Waals surface area contributed by atoms with Crippen LogP contribution in [0.3, 0.4) is 0 Å². The minimum absolute atomic E-state index is 0.0151. The second-order valence-corrected chi connectivity index (χ2v) is 6.97. The van der Waals surface area contributed by atoms with Gasteiger partial charge < -0.3 is 10.0 Å². The van der Waals surface area contributed by atoms with E-state index < -0.39 is 6.03 Å². The van der Waals surface area contributed by atoms with Gasteiger partial charge in [-0.15, -0.1) is 6.58 Å². The van der Waals surface area contributed by atoms with Crippen LogP contribution >= 0.6 is 0 Å². The highest BCUT2D eigenvalue weighted by Gasteiger charge is 2.36. The summed E-state index contributed by atoms with van der Waals surface area (Å²) in [4.78, 5) is 38.9. The van der Waals surface area contributed by atoms with E-state index in [2.05, 4.69) is 11.9 Å². The number of rotatable bonds is 5. The molecule has 0 bridgehead atoms. The number of amides is 4. The fourth-order valence-corrected chi connectivity index (χ4v) is 3.66. The fraction of sp³-hybridized carbons (Fsp3) is 0.421. The topological polar surface area (TPSA) is 89.9 Å². The van der Waals surface area contributed by atoms with E-state index in [0.29, 0.717) is 30.8 Å². The normalized spacial score (nSPS) is 23.1. The number of aliphatic hydroxyl groups is 1. The number of carbonyl (C=O) groups excluding carboxylic acids is 3. The van der Waals surface area contributed by atoms with Crippen LogP contribution < -0.4 is 10.2 Å². The number of carbonyl (C=O) groups is 3. The molecule has 1 aromatic carbocycles.